The number of benzene rings is 2. The van der Waals surface area contributed by atoms with E-state index in [0.717, 1.165) is 4.47 Å². The lowest BCUT2D eigenvalue weighted by atomic mass is 10.2. The molecule has 0 aliphatic carbocycles. The van der Waals surface area contributed by atoms with Gasteiger partial charge in [0.15, 0.2) is 0 Å². The third-order valence-electron chi connectivity index (χ3n) is 2.69. The van der Waals surface area contributed by atoms with Crippen LogP contribution in [0, 0.1) is 0 Å². The molecule has 8 heteroatoms. The van der Waals surface area contributed by atoms with Crippen LogP contribution in [-0.2, 0) is 10.0 Å². The number of hydrogen-bond acceptors (Lipinski definition) is 4. The zero-order valence-corrected chi connectivity index (χ0v) is 14.6. The van der Waals surface area contributed by atoms with E-state index >= 15 is 0 Å². The number of methoxy groups -OCH3 is 1. The van der Waals surface area contributed by atoms with Gasteiger partial charge >= 0.3 is 0 Å². The highest BCUT2D eigenvalue weighted by atomic mass is 79.9. The van der Waals surface area contributed by atoms with E-state index in [1.807, 2.05) is 6.07 Å². The quantitative estimate of drug-likeness (QED) is 0.614. The Labute approximate surface area is 142 Å². The van der Waals surface area contributed by atoms with Crippen LogP contribution in [0.5, 0.6) is 5.75 Å². The number of nitrogens with zero attached hydrogens (tertiary/aromatic N) is 1. The summed E-state index contributed by atoms with van der Waals surface area (Å²) in [4.78, 5) is 2.22. The molecule has 0 amide bonds. The van der Waals surface area contributed by atoms with Crippen LogP contribution in [0.1, 0.15) is 5.56 Å². The van der Waals surface area contributed by atoms with Crippen LogP contribution >= 0.6 is 27.5 Å². The van der Waals surface area contributed by atoms with Gasteiger partial charge in [-0.2, -0.15) is 13.5 Å². The summed E-state index contributed by atoms with van der Waals surface area (Å²) in [5.41, 5.74) is 0.635. The number of ether oxygens (including phenoxy) is 1. The van der Waals surface area contributed by atoms with Crippen molar-refractivity contribution in [1.82, 2.24) is 4.83 Å². The van der Waals surface area contributed by atoms with Gasteiger partial charge in [0.1, 0.15) is 5.75 Å². The van der Waals surface area contributed by atoms with Crippen LogP contribution in [0.15, 0.2) is 56.9 Å². The number of halogens is 2. The van der Waals surface area contributed by atoms with Gasteiger partial charge in [-0.05, 0) is 42.5 Å². The predicted molar refractivity (Wildman–Crippen MR) is 90.1 cm³/mol. The Morgan fingerprint density at radius 3 is 2.55 bits per heavy atom. The van der Waals surface area contributed by atoms with Gasteiger partial charge in [-0.1, -0.05) is 27.5 Å². The lowest BCUT2D eigenvalue weighted by Crippen LogP contribution is -2.18. The summed E-state index contributed by atoms with van der Waals surface area (Å²) in [7, 11) is -2.21. The second-order valence-electron chi connectivity index (χ2n) is 4.19. The fourth-order valence-electron chi connectivity index (χ4n) is 1.64. The summed E-state index contributed by atoms with van der Waals surface area (Å²) in [5, 5.41) is 4.22. The highest BCUT2D eigenvalue weighted by molar-refractivity contribution is 9.10. The molecule has 2 rings (SSSR count). The van der Waals surface area contributed by atoms with Gasteiger partial charge in [0.05, 0.1) is 18.2 Å². The van der Waals surface area contributed by atoms with Crippen LogP contribution in [-0.4, -0.2) is 21.7 Å². The predicted octanol–water partition coefficient (Wildman–Crippen LogP) is 3.42. The van der Waals surface area contributed by atoms with Crippen molar-refractivity contribution in [2.24, 2.45) is 5.10 Å². The number of sulfonamides is 1. The number of hydrazone groups is 1. The van der Waals surface area contributed by atoms with Crippen LogP contribution in [0.25, 0.3) is 0 Å². The monoisotopic (exact) mass is 402 g/mol. The maximum atomic E-state index is 12.0. The summed E-state index contributed by atoms with van der Waals surface area (Å²) in [6, 6.07) is 11.1. The first kappa shape index (κ1) is 16.8. The molecule has 5 nitrogen and oxygen atoms in total. The second-order valence-corrected chi connectivity index (χ2v) is 7.21. The van der Waals surface area contributed by atoms with Crippen molar-refractivity contribution in [1.29, 1.82) is 0 Å². The van der Waals surface area contributed by atoms with Gasteiger partial charge in [-0.3, -0.25) is 0 Å². The van der Waals surface area contributed by atoms with E-state index in [4.69, 9.17) is 16.3 Å². The lowest BCUT2D eigenvalue weighted by Gasteiger charge is -2.05. The first-order valence-corrected chi connectivity index (χ1v) is 8.72. The molecule has 0 aromatic heterocycles. The molecule has 2 aromatic carbocycles. The molecule has 0 radical (unpaired) electrons. The minimum atomic E-state index is -3.74. The molecule has 0 saturated heterocycles. The molecule has 0 fully saturated rings. The number of rotatable bonds is 5. The van der Waals surface area contributed by atoms with Crippen LogP contribution in [0.3, 0.4) is 0 Å². The van der Waals surface area contributed by atoms with Crippen molar-refractivity contribution < 1.29 is 13.2 Å². The number of hydrogen-bond donors (Lipinski definition) is 1. The maximum Gasteiger partial charge on any atom is 0.276 e. The molecule has 116 valence electrons. The Kier molecular flexibility index (Phi) is 5.44. The summed E-state index contributed by atoms with van der Waals surface area (Å²) in [6.45, 7) is 0. The molecule has 0 atom stereocenters. The third-order valence-corrected chi connectivity index (χ3v) is 4.68. The summed E-state index contributed by atoms with van der Waals surface area (Å²) >= 11 is 9.06. The Morgan fingerprint density at radius 2 is 1.91 bits per heavy atom. The fourth-order valence-corrected chi connectivity index (χ4v) is 2.93. The normalized spacial score (nSPS) is 11.6. The van der Waals surface area contributed by atoms with Gasteiger partial charge in [-0.15, -0.1) is 0 Å². The molecule has 0 unspecified atom stereocenters. The Hall–Kier alpha value is -1.57. The highest BCUT2D eigenvalue weighted by Gasteiger charge is 2.12. The van der Waals surface area contributed by atoms with Gasteiger partial charge in [0.25, 0.3) is 10.0 Å². The smallest absolute Gasteiger partial charge is 0.276 e. The molecule has 22 heavy (non-hydrogen) atoms. The fraction of sp³-hybridized carbons (Fsp3) is 0.0714. The van der Waals surface area contributed by atoms with E-state index in [2.05, 4.69) is 25.9 Å². The summed E-state index contributed by atoms with van der Waals surface area (Å²) in [6.07, 6.45) is 1.37. The zero-order valence-electron chi connectivity index (χ0n) is 11.5. The van der Waals surface area contributed by atoms with Crippen molar-refractivity contribution in [3.63, 3.8) is 0 Å². The lowest BCUT2D eigenvalue weighted by molar-refractivity contribution is 0.414. The van der Waals surface area contributed by atoms with Gasteiger partial charge in [-0.25, -0.2) is 4.83 Å². The molecule has 0 bridgehead atoms. The van der Waals surface area contributed by atoms with Crippen LogP contribution in [0.4, 0.5) is 0 Å². The van der Waals surface area contributed by atoms with E-state index in [0.29, 0.717) is 16.3 Å². The zero-order chi connectivity index (χ0) is 16.2. The van der Waals surface area contributed by atoms with Crippen molar-refractivity contribution in [2.75, 3.05) is 7.11 Å². The van der Waals surface area contributed by atoms with Crippen LogP contribution < -0.4 is 9.57 Å². The largest absolute Gasteiger partial charge is 0.496 e. The van der Waals surface area contributed by atoms with E-state index < -0.39 is 10.0 Å². The minimum Gasteiger partial charge on any atom is -0.496 e. The van der Waals surface area contributed by atoms with E-state index in [1.54, 1.807) is 12.1 Å². The Morgan fingerprint density at radius 1 is 1.23 bits per heavy atom. The van der Waals surface area contributed by atoms with Crippen LogP contribution in [0.2, 0.25) is 5.02 Å². The maximum absolute atomic E-state index is 12.0. The molecule has 0 saturated carbocycles. The second kappa shape index (κ2) is 7.13. The van der Waals surface area contributed by atoms with Gasteiger partial charge in [0.2, 0.25) is 0 Å². The van der Waals surface area contributed by atoms with Crippen molar-refractivity contribution in [3.8, 4) is 5.75 Å². The first-order valence-electron chi connectivity index (χ1n) is 6.06. The molecule has 0 heterocycles. The standard InChI is InChI=1S/C14H12BrClN2O3S/c1-21-14-7-2-11(15)8-10(14)9-17-18-22(19,20)13-5-3-12(16)4-6-13/h2-9,18H,1H3/b17-9-. The SMILES string of the molecule is COc1ccc(Br)cc1/C=N\NS(=O)(=O)c1ccc(Cl)cc1. The summed E-state index contributed by atoms with van der Waals surface area (Å²) in [5.74, 6) is 0.581. The highest BCUT2D eigenvalue weighted by Crippen LogP contribution is 2.21. The molecular formula is C14H12BrClN2O3S. The molecule has 0 aliphatic rings. The van der Waals surface area contributed by atoms with Crippen molar-refractivity contribution in [2.45, 2.75) is 4.90 Å². The minimum absolute atomic E-state index is 0.0789. The Bertz CT molecular complexity index is 792. The molecule has 0 spiro atoms. The molecule has 2 aromatic rings. The van der Waals surface area contributed by atoms with Gasteiger partial charge in [0, 0.05) is 15.1 Å². The molecular weight excluding hydrogens is 392 g/mol. The van der Waals surface area contributed by atoms with Crippen molar-refractivity contribution >= 4 is 43.8 Å². The average molecular weight is 404 g/mol. The van der Waals surface area contributed by atoms with E-state index in [-0.39, 0.29) is 4.90 Å². The first-order chi connectivity index (χ1) is 10.4. The van der Waals surface area contributed by atoms with Crippen molar-refractivity contribution in [3.05, 3.63) is 57.5 Å². The van der Waals surface area contributed by atoms with E-state index in [1.165, 1.54) is 37.6 Å². The average Bonchev–Trinajstić information content (AvgIpc) is 2.48. The molecule has 0 aliphatic heterocycles. The Balaban J connectivity index is 2.18. The molecule has 1 N–H and O–H groups in total. The topological polar surface area (TPSA) is 67.8 Å². The third kappa shape index (κ3) is 4.22. The van der Waals surface area contributed by atoms with Gasteiger partial charge < -0.3 is 4.74 Å². The van der Waals surface area contributed by atoms with E-state index in [9.17, 15) is 8.42 Å². The number of nitrogens with one attached hydrogen (secondary N) is 1. The summed E-state index contributed by atoms with van der Waals surface area (Å²) < 4.78 is 30.1.